The Morgan fingerprint density at radius 1 is 1.15 bits per heavy atom. The zero-order valence-electron chi connectivity index (χ0n) is 12.4. The van der Waals surface area contributed by atoms with Gasteiger partial charge in [0, 0.05) is 0 Å². The number of rotatable bonds is 5. The summed E-state index contributed by atoms with van der Waals surface area (Å²) in [5.41, 5.74) is 0.579. The van der Waals surface area contributed by atoms with Gasteiger partial charge in [-0.3, -0.25) is 0 Å². The highest BCUT2D eigenvalue weighted by molar-refractivity contribution is 5.89. The summed E-state index contributed by atoms with van der Waals surface area (Å²) < 4.78 is 11.1. The van der Waals surface area contributed by atoms with Crippen molar-refractivity contribution in [2.45, 2.75) is 52.1 Å². The first-order chi connectivity index (χ1) is 9.74. The van der Waals surface area contributed by atoms with Crippen LogP contribution in [0.3, 0.4) is 0 Å². The molecule has 0 N–H and O–H groups in total. The van der Waals surface area contributed by atoms with Crippen LogP contribution < -0.4 is 4.74 Å². The van der Waals surface area contributed by atoms with Crippen LogP contribution in [0.15, 0.2) is 24.3 Å². The molecule has 0 saturated heterocycles. The van der Waals surface area contributed by atoms with Crippen molar-refractivity contribution < 1.29 is 14.3 Å². The molecule has 1 saturated carbocycles. The van der Waals surface area contributed by atoms with E-state index in [-0.39, 0.29) is 5.97 Å². The molecule has 2 rings (SSSR count). The summed E-state index contributed by atoms with van der Waals surface area (Å²) in [7, 11) is 0. The van der Waals surface area contributed by atoms with Crippen molar-refractivity contribution in [3.63, 3.8) is 0 Å². The van der Waals surface area contributed by atoms with Gasteiger partial charge in [0.1, 0.15) is 11.9 Å². The van der Waals surface area contributed by atoms with E-state index in [1.807, 2.05) is 19.1 Å². The Labute approximate surface area is 121 Å². The third-order valence-corrected chi connectivity index (χ3v) is 4.02. The number of carbonyl (C=O) groups is 1. The highest BCUT2D eigenvalue weighted by atomic mass is 16.5. The number of benzene rings is 1. The minimum Gasteiger partial charge on any atom is -0.490 e. The topological polar surface area (TPSA) is 35.5 Å². The molecule has 0 heterocycles. The van der Waals surface area contributed by atoms with E-state index in [0.29, 0.717) is 24.2 Å². The zero-order chi connectivity index (χ0) is 14.4. The lowest BCUT2D eigenvalue weighted by atomic mass is 9.85. The fraction of sp³-hybridized carbons (Fsp3) is 0.588. The third kappa shape index (κ3) is 3.75. The van der Waals surface area contributed by atoms with Crippen molar-refractivity contribution in [2.75, 3.05) is 6.61 Å². The molecule has 1 aromatic carbocycles. The van der Waals surface area contributed by atoms with Crippen molar-refractivity contribution in [2.24, 2.45) is 5.92 Å². The van der Waals surface area contributed by atoms with E-state index in [4.69, 9.17) is 9.47 Å². The SMILES string of the molecule is CCOC(=O)c1ccc(OC2CCCCC2CC)cc1. The first-order valence-electron chi connectivity index (χ1n) is 7.68. The van der Waals surface area contributed by atoms with Crippen LogP contribution in [0.4, 0.5) is 0 Å². The van der Waals surface area contributed by atoms with E-state index < -0.39 is 0 Å². The Kier molecular flexibility index (Phi) is 5.45. The standard InChI is InChI=1S/C17H24O3/c1-3-13-7-5-6-8-16(13)20-15-11-9-14(10-12-15)17(18)19-4-2/h9-13,16H,3-8H2,1-2H3. The smallest absolute Gasteiger partial charge is 0.338 e. The summed E-state index contributed by atoms with van der Waals surface area (Å²) in [5.74, 6) is 1.24. The molecule has 0 bridgehead atoms. The highest BCUT2D eigenvalue weighted by Gasteiger charge is 2.25. The Balaban J connectivity index is 1.97. The molecule has 3 nitrogen and oxygen atoms in total. The monoisotopic (exact) mass is 276 g/mol. The van der Waals surface area contributed by atoms with Gasteiger partial charge in [-0.25, -0.2) is 4.79 Å². The molecule has 2 unspecified atom stereocenters. The van der Waals surface area contributed by atoms with Crippen LogP contribution in [-0.2, 0) is 4.74 Å². The van der Waals surface area contributed by atoms with E-state index in [9.17, 15) is 4.79 Å². The lowest BCUT2D eigenvalue weighted by Gasteiger charge is -2.31. The molecular weight excluding hydrogens is 252 g/mol. The number of carbonyl (C=O) groups excluding carboxylic acids is 1. The van der Waals surface area contributed by atoms with Gasteiger partial charge in [0.05, 0.1) is 12.2 Å². The predicted octanol–water partition coefficient (Wildman–Crippen LogP) is 4.21. The second kappa shape index (κ2) is 7.32. The molecule has 0 aromatic heterocycles. The molecular formula is C17H24O3. The van der Waals surface area contributed by atoms with E-state index in [2.05, 4.69) is 6.92 Å². The van der Waals surface area contributed by atoms with Gasteiger partial charge < -0.3 is 9.47 Å². The average molecular weight is 276 g/mol. The van der Waals surface area contributed by atoms with E-state index in [1.165, 1.54) is 25.7 Å². The molecule has 2 atom stereocenters. The Bertz CT molecular complexity index is 424. The molecule has 0 aliphatic heterocycles. The fourth-order valence-corrected chi connectivity index (χ4v) is 2.85. The molecule has 1 aromatic rings. The van der Waals surface area contributed by atoms with Crippen LogP contribution in [0.1, 0.15) is 56.3 Å². The molecule has 20 heavy (non-hydrogen) atoms. The summed E-state index contributed by atoms with van der Waals surface area (Å²) >= 11 is 0. The predicted molar refractivity (Wildman–Crippen MR) is 79.1 cm³/mol. The number of ether oxygens (including phenoxy) is 2. The second-order valence-electron chi connectivity index (χ2n) is 5.35. The largest absolute Gasteiger partial charge is 0.490 e. The average Bonchev–Trinajstić information content (AvgIpc) is 2.49. The molecule has 1 fully saturated rings. The van der Waals surface area contributed by atoms with Crippen LogP contribution >= 0.6 is 0 Å². The van der Waals surface area contributed by atoms with E-state index in [1.54, 1.807) is 12.1 Å². The number of hydrogen-bond donors (Lipinski definition) is 0. The zero-order valence-corrected chi connectivity index (χ0v) is 12.4. The van der Waals surface area contributed by atoms with Crippen molar-refractivity contribution >= 4 is 5.97 Å². The lowest BCUT2D eigenvalue weighted by molar-refractivity contribution is 0.0526. The van der Waals surface area contributed by atoms with Gasteiger partial charge in [-0.05, 0) is 62.8 Å². The minimum absolute atomic E-state index is 0.275. The minimum atomic E-state index is -0.275. The third-order valence-electron chi connectivity index (χ3n) is 4.02. The summed E-state index contributed by atoms with van der Waals surface area (Å²) in [4.78, 5) is 11.6. The van der Waals surface area contributed by atoms with Gasteiger partial charge in [-0.2, -0.15) is 0 Å². The Hall–Kier alpha value is -1.51. The van der Waals surface area contributed by atoms with Gasteiger partial charge in [-0.1, -0.05) is 13.3 Å². The van der Waals surface area contributed by atoms with Crippen LogP contribution in [-0.4, -0.2) is 18.7 Å². The van der Waals surface area contributed by atoms with Gasteiger partial charge in [-0.15, -0.1) is 0 Å². The van der Waals surface area contributed by atoms with Crippen LogP contribution in [0.2, 0.25) is 0 Å². The summed E-state index contributed by atoms with van der Waals surface area (Å²) in [6.45, 7) is 4.44. The molecule has 0 spiro atoms. The maximum Gasteiger partial charge on any atom is 0.338 e. The first kappa shape index (κ1) is 14.9. The van der Waals surface area contributed by atoms with Gasteiger partial charge >= 0.3 is 5.97 Å². The quantitative estimate of drug-likeness (QED) is 0.756. The van der Waals surface area contributed by atoms with Crippen LogP contribution in [0.5, 0.6) is 5.75 Å². The number of esters is 1. The summed E-state index contributed by atoms with van der Waals surface area (Å²) in [6, 6.07) is 7.29. The van der Waals surface area contributed by atoms with Gasteiger partial charge in [0.25, 0.3) is 0 Å². The molecule has 3 heteroatoms. The first-order valence-corrected chi connectivity index (χ1v) is 7.68. The summed E-state index contributed by atoms with van der Waals surface area (Å²) in [6.07, 6.45) is 6.47. The lowest BCUT2D eigenvalue weighted by Crippen LogP contribution is -2.29. The second-order valence-corrected chi connectivity index (χ2v) is 5.35. The van der Waals surface area contributed by atoms with Crippen LogP contribution in [0, 0.1) is 5.92 Å². The molecule has 1 aliphatic rings. The van der Waals surface area contributed by atoms with E-state index >= 15 is 0 Å². The molecule has 0 amide bonds. The Morgan fingerprint density at radius 2 is 1.85 bits per heavy atom. The molecule has 1 aliphatic carbocycles. The van der Waals surface area contributed by atoms with Gasteiger partial charge in [0.15, 0.2) is 0 Å². The maximum atomic E-state index is 11.6. The number of hydrogen-bond acceptors (Lipinski definition) is 3. The van der Waals surface area contributed by atoms with Crippen molar-refractivity contribution in [3.05, 3.63) is 29.8 Å². The van der Waals surface area contributed by atoms with Crippen LogP contribution in [0.25, 0.3) is 0 Å². The highest BCUT2D eigenvalue weighted by Crippen LogP contribution is 2.30. The van der Waals surface area contributed by atoms with Crippen molar-refractivity contribution in [3.8, 4) is 5.75 Å². The summed E-state index contributed by atoms with van der Waals surface area (Å²) in [5, 5.41) is 0. The van der Waals surface area contributed by atoms with Gasteiger partial charge in [0.2, 0.25) is 0 Å². The van der Waals surface area contributed by atoms with Crippen molar-refractivity contribution in [1.82, 2.24) is 0 Å². The molecule has 0 radical (unpaired) electrons. The normalized spacial score (nSPS) is 22.3. The maximum absolute atomic E-state index is 11.6. The van der Waals surface area contributed by atoms with E-state index in [0.717, 1.165) is 12.2 Å². The Morgan fingerprint density at radius 3 is 2.50 bits per heavy atom. The molecule has 110 valence electrons. The van der Waals surface area contributed by atoms with Crippen molar-refractivity contribution in [1.29, 1.82) is 0 Å². The fourth-order valence-electron chi connectivity index (χ4n) is 2.85.